The van der Waals surface area contributed by atoms with Crippen LogP contribution in [0.1, 0.15) is 30.3 Å². The maximum atomic E-state index is 12.9. The highest BCUT2D eigenvalue weighted by Crippen LogP contribution is 2.23. The maximum Gasteiger partial charge on any atom is 0.269 e. The summed E-state index contributed by atoms with van der Waals surface area (Å²) in [6, 6.07) is 17.2. The molecular formula is C23H25N5O4S. The zero-order chi connectivity index (χ0) is 23.4. The first-order valence-electron chi connectivity index (χ1n) is 10.6. The molecule has 0 spiro atoms. The highest BCUT2D eigenvalue weighted by Gasteiger charge is 2.30. The van der Waals surface area contributed by atoms with Gasteiger partial charge >= 0.3 is 0 Å². The molecule has 0 saturated carbocycles. The van der Waals surface area contributed by atoms with E-state index in [0.717, 1.165) is 5.56 Å². The van der Waals surface area contributed by atoms with Crippen LogP contribution in [0, 0.1) is 0 Å². The van der Waals surface area contributed by atoms with Crippen LogP contribution in [0.2, 0.25) is 0 Å². The number of hydrogen-bond donors (Lipinski definition) is 3. The highest BCUT2D eigenvalue weighted by atomic mass is 32.2. The molecular weight excluding hydrogens is 442 g/mol. The van der Waals surface area contributed by atoms with Gasteiger partial charge in [-0.2, -0.15) is 9.40 Å². The van der Waals surface area contributed by atoms with Crippen molar-refractivity contribution < 1.29 is 18.0 Å². The van der Waals surface area contributed by atoms with Crippen molar-refractivity contribution in [1.29, 1.82) is 0 Å². The molecule has 1 aromatic heterocycles. The zero-order valence-corrected chi connectivity index (χ0v) is 18.9. The number of carbonyl (C=O) groups excluding carboxylic acids is 2. The molecule has 172 valence electrons. The van der Waals surface area contributed by atoms with Crippen molar-refractivity contribution in [3.05, 3.63) is 66.4 Å². The Hall–Kier alpha value is -3.50. The molecule has 0 atom stereocenters. The Labute approximate surface area is 192 Å². The summed E-state index contributed by atoms with van der Waals surface area (Å²) in [6.45, 7) is 2.00. The van der Waals surface area contributed by atoms with Gasteiger partial charge in [0.05, 0.1) is 10.6 Å². The smallest absolute Gasteiger partial charge is 0.269 e. The minimum atomic E-state index is -3.65. The number of aromatic amines is 1. The first kappa shape index (κ1) is 22.7. The van der Waals surface area contributed by atoms with Crippen molar-refractivity contribution in [2.45, 2.75) is 30.7 Å². The quantitative estimate of drug-likeness (QED) is 0.514. The van der Waals surface area contributed by atoms with Gasteiger partial charge < -0.3 is 10.6 Å². The average molecular weight is 468 g/mol. The molecule has 3 aromatic rings. The number of hydrogen-bond acceptors (Lipinski definition) is 5. The zero-order valence-electron chi connectivity index (χ0n) is 18.1. The van der Waals surface area contributed by atoms with Gasteiger partial charge in [-0.3, -0.25) is 14.7 Å². The summed E-state index contributed by atoms with van der Waals surface area (Å²) in [7, 11) is -3.65. The minimum Gasteiger partial charge on any atom is -0.348 e. The second-order valence-corrected chi connectivity index (χ2v) is 9.83. The van der Waals surface area contributed by atoms with E-state index in [2.05, 4.69) is 20.8 Å². The fourth-order valence-corrected chi connectivity index (χ4v) is 5.23. The van der Waals surface area contributed by atoms with Crippen molar-refractivity contribution in [2.24, 2.45) is 0 Å². The molecule has 1 saturated heterocycles. The molecule has 0 aliphatic carbocycles. The molecule has 10 heteroatoms. The molecule has 1 aliphatic rings. The third-order valence-corrected chi connectivity index (χ3v) is 7.41. The van der Waals surface area contributed by atoms with Gasteiger partial charge in [0, 0.05) is 37.3 Å². The monoisotopic (exact) mass is 467 g/mol. The van der Waals surface area contributed by atoms with Crippen LogP contribution in [-0.4, -0.2) is 53.9 Å². The molecule has 2 aromatic carbocycles. The summed E-state index contributed by atoms with van der Waals surface area (Å²) in [4.78, 5) is 23.9. The van der Waals surface area contributed by atoms with Gasteiger partial charge in [0.2, 0.25) is 15.9 Å². The van der Waals surface area contributed by atoms with Gasteiger partial charge in [-0.05, 0) is 43.2 Å². The van der Waals surface area contributed by atoms with Crippen LogP contribution in [0.5, 0.6) is 0 Å². The topological polar surface area (TPSA) is 124 Å². The number of benzene rings is 2. The van der Waals surface area contributed by atoms with Gasteiger partial charge in [0.15, 0.2) is 0 Å². The van der Waals surface area contributed by atoms with Gasteiger partial charge in [-0.15, -0.1) is 0 Å². The Bertz CT molecular complexity index is 1230. The summed E-state index contributed by atoms with van der Waals surface area (Å²) in [5.41, 5.74) is 2.50. The third-order valence-electron chi connectivity index (χ3n) is 5.49. The number of nitrogens with zero attached hydrogens (tertiary/aromatic N) is 2. The van der Waals surface area contributed by atoms with Crippen molar-refractivity contribution in [1.82, 2.24) is 19.8 Å². The van der Waals surface area contributed by atoms with Crippen LogP contribution in [0.25, 0.3) is 11.3 Å². The summed E-state index contributed by atoms with van der Waals surface area (Å²) in [5, 5.41) is 12.6. The molecule has 3 N–H and O–H groups in total. The number of sulfonamides is 1. The van der Waals surface area contributed by atoms with E-state index in [1.165, 1.54) is 23.4 Å². The molecule has 0 radical (unpaired) electrons. The Balaban J connectivity index is 1.33. The normalized spacial score (nSPS) is 15.2. The van der Waals surface area contributed by atoms with Crippen LogP contribution in [0.3, 0.4) is 0 Å². The van der Waals surface area contributed by atoms with E-state index in [1.54, 1.807) is 18.2 Å². The lowest BCUT2D eigenvalue weighted by Crippen LogP contribution is -2.46. The summed E-state index contributed by atoms with van der Waals surface area (Å²) in [6.07, 6.45) is 1.02. The Morgan fingerprint density at radius 2 is 1.70 bits per heavy atom. The van der Waals surface area contributed by atoms with E-state index in [0.29, 0.717) is 43.0 Å². The number of rotatable bonds is 6. The molecule has 0 unspecified atom stereocenters. The van der Waals surface area contributed by atoms with Gasteiger partial charge in [-0.1, -0.05) is 30.3 Å². The first-order chi connectivity index (χ1) is 15.8. The number of nitrogens with one attached hydrogen (secondary N) is 3. The van der Waals surface area contributed by atoms with Crippen LogP contribution in [-0.2, 0) is 14.8 Å². The predicted octanol–water partition coefficient (Wildman–Crippen LogP) is 2.62. The molecule has 2 heterocycles. The van der Waals surface area contributed by atoms with Crippen LogP contribution in [0.15, 0.2) is 65.6 Å². The molecule has 0 bridgehead atoms. The van der Waals surface area contributed by atoms with Crippen LogP contribution in [0.4, 0.5) is 5.69 Å². The fourth-order valence-electron chi connectivity index (χ4n) is 3.76. The maximum absolute atomic E-state index is 12.9. The van der Waals surface area contributed by atoms with Gasteiger partial charge in [0.25, 0.3) is 5.91 Å². The fraction of sp³-hybridized carbons (Fsp3) is 0.261. The minimum absolute atomic E-state index is 0.130. The summed E-state index contributed by atoms with van der Waals surface area (Å²) in [5.74, 6) is -0.485. The van der Waals surface area contributed by atoms with E-state index >= 15 is 0 Å². The molecule has 33 heavy (non-hydrogen) atoms. The predicted molar refractivity (Wildman–Crippen MR) is 124 cm³/mol. The third kappa shape index (κ3) is 5.29. The standard InChI is InChI=1S/C23H25N5O4S/c1-16(29)24-18-7-9-20(10-8-18)33(31,32)28-13-11-19(12-14-28)25-23(30)22-15-21(26-27-22)17-5-3-2-4-6-17/h2-10,15,19H,11-14H2,1H3,(H,24,29)(H,25,30)(H,26,27). The number of aromatic nitrogens is 2. The van der Waals surface area contributed by atoms with Gasteiger partial charge in [0.1, 0.15) is 5.69 Å². The number of carbonyl (C=O) groups is 2. The summed E-state index contributed by atoms with van der Waals surface area (Å²) >= 11 is 0. The van der Waals surface area contributed by atoms with Gasteiger partial charge in [-0.25, -0.2) is 8.42 Å². The van der Waals surface area contributed by atoms with E-state index in [9.17, 15) is 18.0 Å². The highest BCUT2D eigenvalue weighted by molar-refractivity contribution is 7.89. The Morgan fingerprint density at radius 3 is 2.33 bits per heavy atom. The van der Waals surface area contributed by atoms with E-state index in [-0.39, 0.29) is 22.8 Å². The second-order valence-electron chi connectivity index (χ2n) is 7.89. The lowest BCUT2D eigenvalue weighted by atomic mass is 10.1. The molecule has 9 nitrogen and oxygen atoms in total. The van der Waals surface area contributed by atoms with Crippen LogP contribution >= 0.6 is 0 Å². The first-order valence-corrected chi connectivity index (χ1v) is 12.1. The van der Waals surface area contributed by atoms with Crippen molar-refractivity contribution in [3.63, 3.8) is 0 Å². The largest absolute Gasteiger partial charge is 0.348 e. The average Bonchev–Trinajstić information content (AvgIpc) is 3.31. The number of H-pyrrole nitrogens is 1. The second kappa shape index (κ2) is 9.55. The molecule has 1 fully saturated rings. The van der Waals surface area contributed by atoms with Crippen molar-refractivity contribution in [2.75, 3.05) is 18.4 Å². The SMILES string of the molecule is CC(=O)Nc1ccc(S(=O)(=O)N2CCC(NC(=O)c3cc(-c4ccccc4)n[nH]3)CC2)cc1. The summed E-state index contributed by atoms with van der Waals surface area (Å²) < 4.78 is 27.3. The van der Waals surface area contributed by atoms with Crippen LogP contribution < -0.4 is 10.6 Å². The lowest BCUT2D eigenvalue weighted by Gasteiger charge is -2.31. The number of anilines is 1. The Morgan fingerprint density at radius 1 is 1.03 bits per heavy atom. The lowest BCUT2D eigenvalue weighted by molar-refractivity contribution is -0.114. The molecule has 1 aliphatic heterocycles. The van der Waals surface area contributed by atoms with Crippen molar-refractivity contribution in [3.8, 4) is 11.3 Å². The van der Waals surface area contributed by atoms with E-state index in [4.69, 9.17) is 0 Å². The van der Waals surface area contributed by atoms with E-state index < -0.39 is 10.0 Å². The Kier molecular flexibility index (Phi) is 6.57. The van der Waals surface area contributed by atoms with Crippen molar-refractivity contribution >= 4 is 27.5 Å². The number of piperidine rings is 1. The molecule has 4 rings (SSSR count). The number of amides is 2. The molecule has 2 amide bonds. The van der Waals surface area contributed by atoms with E-state index in [1.807, 2.05) is 30.3 Å².